The minimum Gasteiger partial charge on any atom is -0.347 e. The van der Waals surface area contributed by atoms with Gasteiger partial charge in [0.05, 0.1) is 6.04 Å². The van der Waals surface area contributed by atoms with Crippen LogP contribution in [0.15, 0.2) is 18.2 Å². The van der Waals surface area contributed by atoms with Gasteiger partial charge in [-0.2, -0.15) is 0 Å². The number of hydrogen-bond donors (Lipinski definition) is 1. The van der Waals surface area contributed by atoms with Crippen LogP contribution in [0.2, 0.25) is 0 Å². The Kier molecular flexibility index (Phi) is 3.03. The molecule has 6 heteroatoms. The highest BCUT2D eigenvalue weighted by Gasteiger charge is 2.10. The van der Waals surface area contributed by atoms with E-state index >= 15 is 0 Å². The van der Waals surface area contributed by atoms with E-state index in [4.69, 9.17) is 0 Å². The van der Waals surface area contributed by atoms with E-state index < -0.39 is 0 Å². The first-order valence-corrected chi connectivity index (χ1v) is 5.33. The van der Waals surface area contributed by atoms with Gasteiger partial charge in [0, 0.05) is 7.05 Å². The van der Waals surface area contributed by atoms with Gasteiger partial charge in [0.2, 0.25) is 5.95 Å². The second kappa shape index (κ2) is 4.48. The highest BCUT2D eigenvalue weighted by molar-refractivity contribution is 5.32. The molecule has 0 amide bonds. The molecule has 0 saturated heterocycles. The number of nitrogens with one attached hydrogen (secondary N) is 1. The molecule has 17 heavy (non-hydrogen) atoms. The topological polar surface area (TPSA) is 55.6 Å². The maximum Gasteiger partial charge on any atom is 0.243 e. The van der Waals surface area contributed by atoms with E-state index in [1.807, 2.05) is 13.0 Å². The molecule has 0 aliphatic rings. The summed E-state index contributed by atoms with van der Waals surface area (Å²) in [6.45, 7) is 3.67. The van der Waals surface area contributed by atoms with Crippen molar-refractivity contribution in [3.63, 3.8) is 0 Å². The summed E-state index contributed by atoms with van der Waals surface area (Å²) in [5.74, 6) is 0.353. The molecular weight excluding hydrogens is 221 g/mol. The average Bonchev–Trinajstić information content (AvgIpc) is 2.68. The number of rotatable bonds is 3. The quantitative estimate of drug-likeness (QED) is 0.881. The SMILES string of the molecule is Cc1ccc(C(C)Nc2nnnn2C)cc1F. The third kappa shape index (κ3) is 2.41. The molecule has 5 nitrogen and oxygen atoms in total. The monoisotopic (exact) mass is 235 g/mol. The standard InChI is InChI=1S/C11H14FN5/c1-7-4-5-9(6-10(7)12)8(2)13-11-14-15-16-17(11)3/h4-6,8H,1-3H3,(H,13,14,16). The summed E-state index contributed by atoms with van der Waals surface area (Å²) in [7, 11) is 1.74. The van der Waals surface area contributed by atoms with Crippen LogP contribution in [-0.2, 0) is 7.05 Å². The van der Waals surface area contributed by atoms with Gasteiger partial charge >= 0.3 is 0 Å². The van der Waals surface area contributed by atoms with E-state index in [0.29, 0.717) is 11.5 Å². The minimum atomic E-state index is -0.202. The summed E-state index contributed by atoms with van der Waals surface area (Å²) < 4.78 is 15.0. The van der Waals surface area contributed by atoms with Crippen molar-refractivity contribution < 1.29 is 4.39 Å². The molecule has 0 spiro atoms. The molecule has 1 aromatic heterocycles. The number of nitrogens with zero attached hydrogens (tertiary/aromatic N) is 4. The van der Waals surface area contributed by atoms with Crippen molar-refractivity contribution in [2.45, 2.75) is 19.9 Å². The molecule has 1 atom stereocenters. The molecule has 1 unspecified atom stereocenters. The van der Waals surface area contributed by atoms with Crippen LogP contribution in [0.5, 0.6) is 0 Å². The van der Waals surface area contributed by atoms with Crippen molar-refractivity contribution in [3.05, 3.63) is 35.1 Å². The third-order valence-electron chi connectivity index (χ3n) is 2.66. The molecule has 0 bridgehead atoms. The third-order valence-corrected chi connectivity index (χ3v) is 2.66. The summed E-state index contributed by atoms with van der Waals surface area (Å²) in [5.41, 5.74) is 1.50. The molecule has 0 aliphatic carbocycles. The first kappa shape index (κ1) is 11.5. The molecule has 90 valence electrons. The van der Waals surface area contributed by atoms with E-state index in [1.54, 1.807) is 20.0 Å². The number of aromatic nitrogens is 4. The van der Waals surface area contributed by atoms with Crippen LogP contribution in [0.3, 0.4) is 0 Å². The second-order valence-corrected chi connectivity index (χ2v) is 4.00. The van der Waals surface area contributed by atoms with Crippen LogP contribution in [-0.4, -0.2) is 20.2 Å². The lowest BCUT2D eigenvalue weighted by molar-refractivity contribution is 0.614. The normalized spacial score (nSPS) is 12.5. The van der Waals surface area contributed by atoms with Gasteiger partial charge in [-0.15, -0.1) is 0 Å². The van der Waals surface area contributed by atoms with E-state index in [1.165, 1.54) is 10.7 Å². The molecule has 0 radical (unpaired) electrons. The summed E-state index contributed by atoms with van der Waals surface area (Å²) in [5, 5.41) is 14.2. The van der Waals surface area contributed by atoms with Gasteiger partial charge in [0.25, 0.3) is 0 Å². The Balaban J connectivity index is 2.17. The maximum atomic E-state index is 13.4. The van der Waals surface area contributed by atoms with Crippen molar-refractivity contribution in [2.24, 2.45) is 7.05 Å². The zero-order chi connectivity index (χ0) is 12.4. The fraction of sp³-hybridized carbons (Fsp3) is 0.364. The number of tetrazole rings is 1. The molecule has 2 aromatic rings. The highest BCUT2D eigenvalue weighted by Crippen LogP contribution is 2.19. The number of aryl methyl sites for hydroxylation is 2. The van der Waals surface area contributed by atoms with Gasteiger partial charge in [0.1, 0.15) is 5.82 Å². The molecular formula is C11H14FN5. The van der Waals surface area contributed by atoms with Crippen molar-refractivity contribution >= 4 is 5.95 Å². The fourth-order valence-electron chi connectivity index (χ4n) is 1.51. The van der Waals surface area contributed by atoms with E-state index in [0.717, 1.165) is 5.56 Å². The summed E-state index contributed by atoms with van der Waals surface area (Å²) in [6, 6.07) is 5.11. The molecule has 0 aliphatic heterocycles. The minimum absolute atomic E-state index is 0.0604. The number of benzene rings is 1. The summed E-state index contributed by atoms with van der Waals surface area (Å²) in [4.78, 5) is 0. The first-order valence-electron chi connectivity index (χ1n) is 5.33. The Morgan fingerprint density at radius 3 is 2.76 bits per heavy atom. The van der Waals surface area contributed by atoms with Gasteiger partial charge in [0.15, 0.2) is 0 Å². The predicted octanol–water partition coefficient (Wildman–Crippen LogP) is 1.83. The van der Waals surface area contributed by atoms with Crippen molar-refractivity contribution in [1.82, 2.24) is 20.2 Å². The lowest BCUT2D eigenvalue weighted by atomic mass is 10.1. The van der Waals surface area contributed by atoms with Crippen molar-refractivity contribution in [2.75, 3.05) is 5.32 Å². The van der Waals surface area contributed by atoms with E-state index in [2.05, 4.69) is 20.8 Å². The smallest absolute Gasteiger partial charge is 0.243 e. The summed E-state index contributed by atoms with van der Waals surface area (Å²) >= 11 is 0. The summed E-state index contributed by atoms with van der Waals surface area (Å²) in [6.07, 6.45) is 0. The van der Waals surface area contributed by atoms with Gasteiger partial charge < -0.3 is 5.32 Å². The largest absolute Gasteiger partial charge is 0.347 e. The number of anilines is 1. The highest BCUT2D eigenvalue weighted by atomic mass is 19.1. The van der Waals surface area contributed by atoms with E-state index in [9.17, 15) is 4.39 Å². The van der Waals surface area contributed by atoms with Crippen molar-refractivity contribution in [3.8, 4) is 0 Å². The first-order chi connectivity index (χ1) is 8.08. The van der Waals surface area contributed by atoms with Crippen molar-refractivity contribution in [1.29, 1.82) is 0 Å². The van der Waals surface area contributed by atoms with Crippen LogP contribution in [0.4, 0.5) is 10.3 Å². The zero-order valence-corrected chi connectivity index (χ0v) is 9.98. The Bertz CT molecular complexity index is 522. The lowest BCUT2D eigenvalue weighted by Crippen LogP contribution is -2.11. The Labute approximate surface area is 98.6 Å². The van der Waals surface area contributed by atoms with Crippen LogP contribution in [0.25, 0.3) is 0 Å². The predicted molar refractivity (Wildman–Crippen MR) is 62.0 cm³/mol. The maximum absolute atomic E-state index is 13.4. The van der Waals surface area contributed by atoms with Crippen LogP contribution in [0, 0.1) is 12.7 Å². The Hall–Kier alpha value is -1.98. The molecule has 0 saturated carbocycles. The van der Waals surface area contributed by atoms with Crippen LogP contribution in [0.1, 0.15) is 24.1 Å². The van der Waals surface area contributed by atoms with Gasteiger partial charge in [-0.1, -0.05) is 17.2 Å². The van der Waals surface area contributed by atoms with Gasteiger partial charge in [-0.05, 0) is 41.5 Å². The Morgan fingerprint density at radius 1 is 1.41 bits per heavy atom. The fourth-order valence-corrected chi connectivity index (χ4v) is 1.51. The van der Waals surface area contributed by atoms with Crippen LogP contribution >= 0.6 is 0 Å². The number of halogens is 1. The van der Waals surface area contributed by atoms with E-state index in [-0.39, 0.29) is 11.9 Å². The molecule has 1 N–H and O–H groups in total. The Morgan fingerprint density at radius 2 is 2.18 bits per heavy atom. The van der Waals surface area contributed by atoms with Gasteiger partial charge in [-0.25, -0.2) is 9.07 Å². The zero-order valence-electron chi connectivity index (χ0n) is 9.98. The van der Waals surface area contributed by atoms with Crippen LogP contribution < -0.4 is 5.32 Å². The molecule has 1 heterocycles. The molecule has 0 fully saturated rings. The van der Waals surface area contributed by atoms with Gasteiger partial charge in [-0.3, -0.25) is 0 Å². The molecule has 1 aromatic carbocycles. The number of hydrogen-bond acceptors (Lipinski definition) is 4. The average molecular weight is 235 g/mol. The second-order valence-electron chi connectivity index (χ2n) is 4.00. The molecule has 2 rings (SSSR count). The lowest BCUT2D eigenvalue weighted by Gasteiger charge is -2.14.